The summed E-state index contributed by atoms with van der Waals surface area (Å²) in [6.45, 7) is 0. The molecule has 0 unspecified atom stereocenters. The first-order valence-electron chi connectivity index (χ1n) is 5.61. The molecule has 0 bridgehead atoms. The van der Waals surface area contributed by atoms with Gasteiger partial charge in [-0.15, -0.1) is 0 Å². The van der Waals surface area contributed by atoms with Crippen LogP contribution in [0.4, 0.5) is 5.69 Å². The Morgan fingerprint density at radius 1 is 1.05 bits per heavy atom. The number of ether oxygens (including phenoxy) is 1. The van der Waals surface area contributed by atoms with Crippen LogP contribution in [-0.4, -0.2) is 13.0 Å². The lowest BCUT2D eigenvalue weighted by Crippen LogP contribution is -2.13. The van der Waals surface area contributed by atoms with Crippen LogP contribution in [0.15, 0.2) is 36.4 Å². The van der Waals surface area contributed by atoms with E-state index in [2.05, 4.69) is 5.32 Å². The summed E-state index contributed by atoms with van der Waals surface area (Å²) in [5.74, 6) is 0.0239. The maximum atomic E-state index is 12.2. The highest BCUT2D eigenvalue weighted by Gasteiger charge is 2.14. The number of anilines is 1. The van der Waals surface area contributed by atoms with Crippen molar-refractivity contribution in [2.75, 3.05) is 12.4 Å². The van der Waals surface area contributed by atoms with Crippen molar-refractivity contribution >= 4 is 46.4 Å². The maximum absolute atomic E-state index is 12.2. The van der Waals surface area contributed by atoms with Crippen molar-refractivity contribution in [1.29, 1.82) is 0 Å². The van der Waals surface area contributed by atoms with Crippen molar-refractivity contribution in [3.05, 3.63) is 57.0 Å². The summed E-state index contributed by atoms with van der Waals surface area (Å²) in [5, 5.41) is 4.05. The predicted octanol–water partition coefficient (Wildman–Crippen LogP) is 4.91. The zero-order valence-electron chi connectivity index (χ0n) is 10.4. The molecule has 3 nitrogen and oxygen atoms in total. The number of hydrogen-bond donors (Lipinski definition) is 1. The van der Waals surface area contributed by atoms with E-state index in [0.29, 0.717) is 32.1 Å². The number of nitrogens with one attached hydrogen (secondary N) is 1. The summed E-state index contributed by atoms with van der Waals surface area (Å²) < 4.78 is 5.13. The van der Waals surface area contributed by atoms with Crippen molar-refractivity contribution in [3.8, 4) is 5.75 Å². The van der Waals surface area contributed by atoms with Crippen LogP contribution < -0.4 is 10.1 Å². The van der Waals surface area contributed by atoms with E-state index in [4.69, 9.17) is 39.5 Å². The highest BCUT2D eigenvalue weighted by Crippen LogP contribution is 2.28. The number of carbonyl (C=O) groups is 1. The largest absolute Gasteiger partial charge is 0.496 e. The van der Waals surface area contributed by atoms with Gasteiger partial charge in [-0.25, -0.2) is 0 Å². The number of hydrogen-bond acceptors (Lipinski definition) is 2. The topological polar surface area (TPSA) is 38.3 Å². The molecular formula is C14H10Cl3NO2. The lowest BCUT2D eigenvalue weighted by Gasteiger charge is -2.11. The van der Waals surface area contributed by atoms with E-state index >= 15 is 0 Å². The minimum atomic E-state index is -0.359. The Hall–Kier alpha value is -1.42. The van der Waals surface area contributed by atoms with E-state index in [1.165, 1.54) is 7.11 Å². The van der Waals surface area contributed by atoms with E-state index < -0.39 is 0 Å². The minimum absolute atomic E-state index is 0.355. The number of rotatable bonds is 3. The zero-order chi connectivity index (χ0) is 14.7. The van der Waals surface area contributed by atoms with Crippen molar-refractivity contribution in [1.82, 2.24) is 0 Å². The highest BCUT2D eigenvalue weighted by molar-refractivity contribution is 6.36. The van der Waals surface area contributed by atoms with Crippen LogP contribution in [0.25, 0.3) is 0 Å². The average molecular weight is 331 g/mol. The first-order valence-corrected chi connectivity index (χ1v) is 6.74. The van der Waals surface area contributed by atoms with Gasteiger partial charge in [-0.3, -0.25) is 4.79 Å². The third-order valence-electron chi connectivity index (χ3n) is 2.58. The van der Waals surface area contributed by atoms with Crippen molar-refractivity contribution in [2.45, 2.75) is 0 Å². The van der Waals surface area contributed by atoms with E-state index in [-0.39, 0.29) is 5.91 Å². The standard InChI is InChI=1S/C14H10Cl3NO2/c1-20-13-7-9(16)2-4-10(13)14(19)18-12-6-8(15)3-5-11(12)17/h2-7H,1H3,(H,18,19). The van der Waals surface area contributed by atoms with Gasteiger partial charge in [-0.05, 0) is 36.4 Å². The minimum Gasteiger partial charge on any atom is -0.496 e. The molecule has 0 saturated heterocycles. The second-order valence-electron chi connectivity index (χ2n) is 3.92. The molecule has 0 spiro atoms. The Balaban J connectivity index is 2.30. The van der Waals surface area contributed by atoms with Crippen LogP contribution in [0.5, 0.6) is 5.75 Å². The summed E-state index contributed by atoms with van der Waals surface area (Å²) >= 11 is 17.7. The van der Waals surface area contributed by atoms with Crippen LogP contribution in [0, 0.1) is 0 Å². The fraction of sp³-hybridized carbons (Fsp3) is 0.0714. The van der Waals surface area contributed by atoms with E-state index in [9.17, 15) is 4.79 Å². The molecule has 2 aromatic rings. The van der Waals surface area contributed by atoms with Crippen molar-refractivity contribution < 1.29 is 9.53 Å². The maximum Gasteiger partial charge on any atom is 0.259 e. The van der Waals surface area contributed by atoms with Gasteiger partial charge in [-0.2, -0.15) is 0 Å². The first-order chi connectivity index (χ1) is 9.51. The van der Waals surface area contributed by atoms with Crippen LogP contribution in [-0.2, 0) is 0 Å². The Morgan fingerprint density at radius 2 is 1.70 bits per heavy atom. The monoisotopic (exact) mass is 329 g/mol. The summed E-state index contributed by atoms with van der Waals surface area (Å²) in [7, 11) is 1.47. The van der Waals surface area contributed by atoms with Gasteiger partial charge in [0.1, 0.15) is 5.75 Å². The van der Waals surface area contributed by atoms with Crippen LogP contribution in [0.3, 0.4) is 0 Å². The van der Waals surface area contributed by atoms with Crippen LogP contribution in [0.1, 0.15) is 10.4 Å². The van der Waals surface area contributed by atoms with Gasteiger partial charge < -0.3 is 10.1 Å². The number of amides is 1. The quantitative estimate of drug-likeness (QED) is 0.868. The SMILES string of the molecule is COc1cc(Cl)ccc1C(=O)Nc1cc(Cl)ccc1Cl. The normalized spacial score (nSPS) is 10.2. The van der Waals surface area contributed by atoms with Gasteiger partial charge in [0.2, 0.25) is 0 Å². The van der Waals surface area contributed by atoms with E-state index in [1.54, 1.807) is 36.4 Å². The zero-order valence-corrected chi connectivity index (χ0v) is 12.7. The van der Waals surface area contributed by atoms with E-state index in [0.717, 1.165) is 0 Å². The number of carbonyl (C=O) groups excluding carboxylic acids is 1. The van der Waals surface area contributed by atoms with E-state index in [1.807, 2.05) is 0 Å². The molecule has 0 saturated carbocycles. The van der Waals surface area contributed by atoms with Gasteiger partial charge in [0, 0.05) is 10.0 Å². The average Bonchev–Trinajstić information content (AvgIpc) is 2.42. The molecule has 0 aliphatic rings. The summed E-state index contributed by atoms with van der Waals surface area (Å²) in [5.41, 5.74) is 0.786. The first kappa shape index (κ1) is 15.0. The molecule has 1 N–H and O–H groups in total. The molecule has 0 radical (unpaired) electrons. The molecule has 0 aromatic heterocycles. The smallest absolute Gasteiger partial charge is 0.259 e. The number of halogens is 3. The Morgan fingerprint density at radius 3 is 2.40 bits per heavy atom. The Kier molecular flexibility index (Phi) is 4.76. The molecular weight excluding hydrogens is 321 g/mol. The second-order valence-corrected chi connectivity index (χ2v) is 5.20. The molecule has 0 fully saturated rings. The molecule has 2 rings (SSSR count). The summed E-state index contributed by atoms with van der Waals surface area (Å²) in [6, 6.07) is 9.58. The second kappa shape index (κ2) is 6.35. The molecule has 0 aliphatic heterocycles. The fourth-order valence-electron chi connectivity index (χ4n) is 1.64. The molecule has 20 heavy (non-hydrogen) atoms. The fourth-order valence-corrected chi connectivity index (χ4v) is 2.13. The molecule has 2 aromatic carbocycles. The Bertz CT molecular complexity index is 659. The van der Waals surface area contributed by atoms with Gasteiger partial charge in [-0.1, -0.05) is 34.8 Å². The highest BCUT2D eigenvalue weighted by atomic mass is 35.5. The lowest BCUT2D eigenvalue weighted by molar-refractivity contribution is 0.102. The molecule has 1 amide bonds. The molecule has 6 heteroatoms. The lowest BCUT2D eigenvalue weighted by atomic mass is 10.2. The van der Waals surface area contributed by atoms with Gasteiger partial charge in [0.25, 0.3) is 5.91 Å². The molecule has 0 atom stereocenters. The number of benzene rings is 2. The van der Waals surface area contributed by atoms with Crippen molar-refractivity contribution in [3.63, 3.8) is 0 Å². The van der Waals surface area contributed by atoms with Gasteiger partial charge in [0.05, 0.1) is 23.4 Å². The summed E-state index contributed by atoms with van der Waals surface area (Å²) in [6.07, 6.45) is 0. The summed E-state index contributed by atoms with van der Waals surface area (Å²) in [4.78, 5) is 12.2. The third-order valence-corrected chi connectivity index (χ3v) is 3.38. The van der Waals surface area contributed by atoms with Crippen LogP contribution in [0.2, 0.25) is 15.1 Å². The van der Waals surface area contributed by atoms with Gasteiger partial charge in [0.15, 0.2) is 0 Å². The Labute approximate surface area is 131 Å². The van der Waals surface area contributed by atoms with Gasteiger partial charge >= 0.3 is 0 Å². The van der Waals surface area contributed by atoms with Crippen molar-refractivity contribution in [2.24, 2.45) is 0 Å². The third kappa shape index (κ3) is 3.37. The molecule has 104 valence electrons. The predicted molar refractivity (Wildman–Crippen MR) is 82.4 cm³/mol. The molecule has 0 aliphatic carbocycles. The van der Waals surface area contributed by atoms with Crippen LogP contribution >= 0.6 is 34.8 Å². The molecule has 0 heterocycles. The number of methoxy groups -OCH3 is 1.